The van der Waals surface area contributed by atoms with Crippen molar-refractivity contribution in [3.8, 4) is 0 Å². The number of rotatable bonds is 5. The van der Waals surface area contributed by atoms with E-state index in [1.165, 1.54) is 11.1 Å². The molecule has 2 aromatic rings. The normalized spacial score (nSPS) is 12.3. The van der Waals surface area contributed by atoms with E-state index in [2.05, 4.69) is 60.7 Å². The van der Waals surface area contributed by atoms with Crippen molar-refractivity contribution in [1.82, 2.24) is 0 Å². The summed E-state index contributed by atoms with van der Waals surface area (Å²) in [5.41, 5.74) is 8.69. The minimum Gasteiger partial charge on any atom is -0.475 e. The number of halogens is 3. The molecule has 134 valence electrons. The predicted molar refractivity (Wildman–Crippen MR) is 91.1 cm³/mol. The summed E-state index contributed by atoms with van der Waals surface area (Å²) in [6.45, 7) is 0. The van der Waals surface area contributed by atoms with E-state index < -0.39 is 12.1 Å². The summed E-state index contributed by atoms with van der Waals surface area (Å²) in [4.78, 5) is 8.90. The van der Waals surface area contributed by atoms with Crippen LogP contribution in [0, 0.1) is 0 Å². The Morgan fingerprint density at radius 2 is 1.44 bits per heavy atom. The Kier molecular flexibility index (Phi) is 8.43. The maximum absolute atomic E-state index is 10.6. The fourth-order valence-electron chi connectivity index (χ4n) is 1.95. The number of carbonyl (C=O) groups is 1. The quantitative estimate of drug-likeness (QED) is 0.801. The average Bonchev–Trinajstić information content (AvgIpc) is 2.56. The number of hydrogen-bond donors (Lipinski definition) is 2. The lowest BCUT2D eigenvalue weighted by molar-refractivity contribution is -0.192. The van der Waals surface area contributed by atoms with Crippen molar-refractivity contribution in [3.05, 3.63) is 83.9 Å². The highest BCUT2D eigenvalue weighted by Gasteiger charge is 2.38. The van der Waals surface area contributed by atoms with Gasteiger partial charge in [0.1, 0.15) is 0 Å². The summed E-state index contributed by atoms with van der Waals surface area (Å²) < 4.78 is 31.7. The zero-order valence-corrected chi connectivity index (χ0v) is 13.5. The first-order chi connectivity index (χ1) is 11.8. The van der Waals surface area contributed by atoms with Gasteiger partial charge in [-0.3, -0.25) is 0 Å². The minimum absolute atomic E-state index is 0.0936. The van der Waals surface area contributed by atoms with Crippen LogP contribution in [0.2, 0.25) is 0 Å². The SMILES string of the molecule is N[C@H](C=CCc1ccccc1)Cc1ccccc1.O=C(O)C(F)(F)F. The van der Waals surface area contributed by atoms with Crippen molar-refractivity contribution >= 4 is 5.97 Å². The molecule has 2 aromatic carbocycles. The Bertz CT molecular complexity index is 655. The number of allylic oxidation sites excluding steroid dienone is 1. The largest absolute Gasteiger partial charge is 0.490 e. The first kappa shape index (κ1) is 20.4. The Morgan fingerprint density at radius 3 is 1.88 bits per heavy atom. The first-order valence-corrected chi connectivity index (χ1v) is 7.59. The molecule has 0 saturated carbocycles. The first-order valence-electron chi connectivity index (χ1n) is 7.59. The van der Waals surface area contributed by atoms with Gasteiger partial charge in [0.25, 0.3) is 0 Å². The smallest absolute Gasteiger partial charge is 0.475 e. The van der Waals surface area contributed by atoms with Crippen LogP contribution < -0.4 is 5.73 Å². The van der Waals surface area contributed by atoms with Crippen LogP contribution in [0.1, 0.15) is 11.1 Å². The van der Waals surface area contributed by atoms with Gasteiger partial charge in [-0.05, 0) is 24.0 Å². The molecule has 1 atom stereocenters. The molecule has 0 aliphatic heterocycles. The van der Waals surface area contributed by atoms with Crippen molar-refractivity contribution in [2.45, 2.75) is 25.1 Å². The summed E-state index contributed by atoms with van der Waals surface area (Å²) in [5, 5.41) is 7.12. The van der Waals surface area contributed by atoms with E-state index in [0.717, 1.165) is 12.8 Å². The van der Waals surface area contributed by atoms with Gasteiger partial charge in [-0.1, -0.05) is 72.8 Å². The van der Waals surface area contributed by atoms with Gasteiger partial charge in [-0.25, -0.2) is 4.79 Å². The van der Waals surface area contributed by atoms with Crippen LogP contribution in [0.3, 0.4) is 0 Å². The molecule has 3 N–H and O–H groups in total. The molecule has 0 aliphatic carbocycles. The Labute approximate surface area is 144 Å². The molecule has 0 heterocycles. The lowest BCUT2D eigenvalue weighted by Crippen LogP contribution is -2.21. The number of carboxylic acids is 1. The standard InChI is InChI=1S/C17H19N.C2HF3O2/c18-17(14-16-10-5-2-6-11-16)13-7-12-15-8-3-1-4-9-15;3-2(4,5)1(6)7/h1-11,13,17H,12,14,18H2;(H,6,7)/t17-;/m1./s1. The van der Waals surface area contributed by atoms with Crippen LogP contribution in [0.4, 0.5) is 13.2 Å². The maximum Gasteiger partial charge on any atom is 0.490 e. The minimum atomic E-state index is -5.08. The topological polar surface area (TPSA) is 63.3 Å². The zero-order valence-electron chi connectivity index (χ0n) is 13.5. The van der Waals surface area contributed by atoms with Crippen molar-refractivity contribution in [2.75, 3.05) is 0 Å². The predicted octanol–water partition coefficient (Wildman–Crippen LogP) is 3.99. The van der Waals surface area contributed by atoms with Gasteiger partial charge in [0.2, 0.25) is 0 Å². The fourth-order valence-corrected chi connectivity index (χ4v) is 1.95. The highest BCUT2D eigenvalue weighted by atomic mass is 19.4. The molecule has 0 saturated heterocycles. The lowest BCUT2D eigenvalue weighted by Gasteiger charge is -2.06. The van der Waals surface area contributed by atoms with Crippen LogP contribution >= 0.6 is 0 Å². The van der Waals surface area contributed by atoms with Crippen molar-refractivity contribution in [1.29, 1.82) is 0 Å². The highest BCUT2D eigenvalue weighted by Crippen LogP contribution is 2.13. The van der Waals surface area contributed by atoms with E-state index in [1.54, 1.807) is 0 Å². The van der Waals surface area contributed by atoms with Crippen LogP contribution in [-0.2, 0) is 17.6 Å². The molecule has 25 heavy (non-hydrogen) atoms. The molecule has 6 heteroatoms. The van der Waals surface area contributed by atoms with Crippen LogP contribution in [-0.4, -0.2) is 23.3 Å². The van der Waals surface area contributed by atoms with Crippen LogP contribution in [0.15, 0.2) is 72.8 Å². The van der Waals surface area contributed by atoms with E-state index >= 15 is 0 Å². The number of benzene rings is 2. The maximum atomic E-state index is 10.6. The number of aliphatic carboxylic acids is 1. The molecule has 0 aliphatic rings. The molecule has 0 radical (unpaired) electrons. The third-order valence-corrected chi connectivity index (χ3v) is 3.14. The van der Waals surface area contributed by atoms with E-state index in [4.69, 9.17) is 15.6 Å². The van der Waals surface area contributed by atoms with Gasteiger partial charge in [0.15, 0.2) is 0 Å². The molecule has 3 nitrogen and oxygen atoms in total. The highest BCUT2D eigenvalue weighted by molar-refractivity contribution is 5.73. The number of carboxylic acid groups (broad SMARTS) is 1. The van der Waals surface area contributed by atoms with Gasteiger partial charge < -0.3 is 10.8 Å². The lowest BCUT2D eigenvalue weighted by atomic mass is 10.1. The van der Waals surface area contributed by atoms with Gasteiger partial charge in [0, 0.05) is 6.04 Å². The summed E-state index contributed by atoms with van der Waals surface area (Å²) in [6, 6.07) is 20.9. The molecule has 0 aromatic heterocycles. The molecule has 0 fully saturated rings. The Balaban J connectivity index is 0.000000381. The number of alkyl halides is 3. The summed E-state index contributed by atoms with van der Waals surface area (Å²) in [5.74, 6) is -2.76. The van der Waals surface area contributed by atoms with Crippen LogP contribution in [0.25, 0.3) is 0 Å². The monoisotopic (exact) mass is 351 g/mol. The molecule has 0 unspecified atom stereocenters. The number of hydrogen-bond acceptors (Lipinski definition) is 2. The van der Waals surface area contributed by atoms with E-state index in [0.29, 0.717) is 0 Å². The van der Waals surface area contributed by atoms with Gasteiger partial charge in [0.05, 0.1) is 0 Å². The molecular formula is C19H20F3NO2. The van der Waals surface area contributed by atoms with Gasteiger partial charge in [-0.15, -0.1) is 0 Å². The summed E-state index contributed by atoms with van der Waals surface area (Å²) in [6.07, 6.45) is 1.01. The fraction of sp³-hybridized carbons (Fsp3) is 0.211. The number of nitrogens with two attached hydrogens (primary N) is 1. The molecule has 0 amide bonds. The second-order valence-corrected chi connectivity index (χ2v) is 5.27. The Morgan fingerprint density at radius 1 is 1.00 bits per heavy atom. The van der Waals surface area contributed by atoms with Crippen molar-refractivity contribution in [3.63, 3.8) is 0 Å². The molecule has 2 rings (SSSR count). The molecular weight excluding hydrogens is 331 g/mol. The summed E-state index contributed by atoms with van der Waals surface area (Å²) >= 11 is 0. The molecule has 0 bridgehead atoms. The third-order valence-electron chi connectivity index (χ3n) is 3.14. The van der Waals surface area contributed by atoms with Crippen LogP contribution in [0.5, 0.6) is 0 Å². The second-order valence-electron chi connectivity index (χ2n) is 5.27. The van der Waals surface area contributed by atoms with E-state index in [9.17, 15) is 13.2 Å². The second kappa shape index (κ2) is 10.3. The zero-order chi connectivity index (χ0) is 18.7. The summed E-state index contributed by atoms with van der Waals surface area (Å²) in [7, 11) is 0. The van der Waals surface area contributed by atoms with E-state index in [-0.39, 0.29) is 6.04 Å². The van der Waals surface area contributed by atoms with Crippen molar-refractivity contribution in [2.24, 2.45) is 5.73 Å². The van der Waals surface area contributed by atoms with Gasteiger partial charge >= 0.3 is 12.1 Å². The van der Waals surface area contributed by atoms with Crippen molar-refractivity contribution < 1.29 is 23.1 Å². The molecule has 0 spiro atoms. The Hall–Kier alpha value is -2.60. The van der Waals surface area contributed by atoms with E-state index in [1.807, 2.05) is 12.1 Å². The third kappa shape index (κ3) is 9.32. The van der Waals surface area contributed by atoms with Gasteiger partial charge in [-0.2, -0.15) is 13.2 Å². The average molecular weight is 351 g/mol.